The monoisotopic (exact) mass is 143 g/mol. The Morgan fingerprint density at radius 3 is 2.60 bits per heavy atom. The van der Waals surface area contributed by atoms with Crippen molar-refractivity contribution in [2.75, 3.05) is 20.7 Å². The van der Waals surface area contributed by atoms with E-state index in [0.717, 1.165) is 0 Å². The van der Waals surface area contributed by atoms with Gasteiger partial charge >= 0.3 is 6.09 Å². The summed E-state index contributed by atoms with van der Waals surface area (Å²) in [4.78, 5) is 12.2. The van der Waals surface area contributed by atoms with Gasteiger partial charge < -0.3 is 9.64 Å². The lowest BCUT2D eigenvalue weighted by Crippen LogP contribution is -2.23. The predicted molar refractivity (Wildman–Crippen MR) is 37.8 cm³/mol. The first-order chi connectivity index (χ1) is 4.70. The molecule has 0 unspecified atom stereocenters. The fourth-order valence-corrected chi connectivity index (χ4v) is 0.603. The molecule has 1 amide bonds. The van der Waals surface area contributed by atoms with Crippen LogP contribution in [0.3, 0.4) is 0 Å². The van der Waals surface area contributed by atoms with E-state index in [9.17, 15) is 4.79 Å². The zero-order chi connectivity index (χ0) is 7.56. The van der Waals surface area contributed by atoms with Crippen LogP contribution in [0.25, 0.3) is 0 Å². The average Bonchev–Trinajstić information content (AvgIpc) is 2.64. The number of hydrogen-bond donors (Lipinski definition) is 0. The van der Waals surface area contributed by atoms with Crippen molar-refractivity contribution in [3.8, 4) is 0 Å². The molecular formula is C7H13NO2. The summed E-state index contributed by atoms with van der Waals surface area (Å²) in [6.07, 6.45) is 2.22. The highest BCUT2D eigenvalue weighted by Gasteiger charge is 2.23. The Balaban J connectivity index is 2.05. The molecule has 1 rings (SSSR count). The SMILES string of the molecule is CN(C)C(=O)OCC1CC1. The number of nitrogens with zero attached hydrogens (tertiary/aromatic N) is 1. The molecule has 58 valence electrons. The first kappa shape index (κ1) is 7.38. The lowest BCUT2D eigenvalue weighted by atomic mass is 10.5. The third kappa shape index (κ3) is 2.25. The van der Waals surface area contributed by atoms with Crippen LogP contribution in [0.2, 0.25) is 0 Å². The smallest absolute Gasteiger partial charge is 0.409 e. The van der Waals surface area contributed by atoms with Gasteiger partial charge in [0, 0.05) is 14.1 Å². The molecule has 3 nitrogen and oxygen atoms in total. The Bertz CT molecular complexity index is 130. The Labute approximate surface area is 61.0 Å². The van der Waals surface area contributed by atoms with Crippen LogP contribution in [0.4, 0.5) is 4.79 Å². The molecule has 1 aliphatic rings. The minimum atomic E-state index is -0.230. The molecular weight excluding hydrogens is 130 g/mol. The van der Waals surface area contributed by atoms with Gasteiger partial charge in [0.1, 0.15) is 0 Å². The lowest BCUT2D eigenvalue weighted by molar-refractivity contribution is 0.114. The molecule has 1 fully saturated rings. The van der Waals surface area contributed by atoms with Gasteiger partial charge in [-0.3, -0.25) is 0 Å². The second-order valence-electron chi connectivity index (χ2n) is 2.91. The fourth-order valence-electron chi connectivity index (χ4n) is 0.603. The maximum absolute atomic E-state index is 10.8. The van der Waals surface area contributed by atoms with Gasteiger partial charge in [-0.2, -0.15) is 0 Å². The Hall–Kier alpha value is -0.730. The van der Waals surface area contributed by atoms with Gasteiger partial charge in [-0.1, -0.05) is 0 Å². The van der Waals surface area contributed by atoms with Crippen LogP contribution in [0.15, 0.2) is 0 Å². The zero-order valence-corrected chi connectivity index (χ0v) is 6.46. The Morgan fingerprint density at radius 2 is 2.20 bits per heavy atom. The minimum Gasteiger partial charge on any atom is -0.449 e. The quantitative estimate of drug-likeness (QED) is 0.579. The topological polar surface area (TPSA) is 29.5 Å². The van der Waals surface area contributed by atoms with Crippen molar-refractivity contribution in [3.63, 3.8) is 0 Å². The lowest BCUT2D eigenvalue weighted by Gasteiger charge is -2.09. The molecule has 0 bridgehead atoms. The van der Waals surface area contributed by atoms with Crippen molar-refractivity contribution in [1.29, 1.82) is 0 Å². The van der Waals surface area contributed by atoms with Crippen molar-refractivity contribution in [2.45, 2.75) is 12.8 Å². The number of carbonyl (C=O) groups excluding carboxylic acids is 1. The first-order valence-corrected chi connectivity index (χ1v) is 3.54. The van der Waals surface area contributed by atoms with Crippen LogP contribution >= 0.6 is 0 Å². The molecule has 3 heteroatoms. The van der Waals surface area contributed by atoms with Crippen molar-refractivity contribution in [3.05, 3.63) is 0 Å². The van der Waals surface area contributed by atoms with E-state index in [1.807, 2.05) is 0 Å². The molecule has 0 atom stereocenters. The van der Waals surface area contributed by atoms with E-state index in [0.29, 0.717) is 12.5 Å². The van der Waals surface area contributed by atoms with E-state index in [1.54, 1.807) is 14.1 Å². The van der Waals surface area contributed by atoms with Gasteiger partial charge in [-0.15, -0.1) is 0 Å². The number of rotatable bonds is 2. The molecule has 0 N–H and O–H groups in total. The molecule has 1 aliphatic carbocycles. The standard InChI is InChI=1S/C7H13NO2/c1-8(2)7(9)10-5-6-3-4-6/h6H,3-5H2,1-2H3. The Kier molecular flexibility index (Phi) is 2.14. The highest BCUT2D eigenvalue weighted by molar-refractivity contribution is 5.66. The van der Waals surface area contributed by atoms with E-state index >= 15 is 0 Å². The maximum atomic E-state index is 10.8. The highest BCUT2D eigenvalue weighted by atomic mass is 16.6. The van der Waals surface area contributed by atoms with Gasteiger partial charge in [0.25, 0.3) is 0 Å². The number of ether oxygens (including phenoxy) is 1. The van der Waals surface area contributed by atoms with Crippen LogP contribution < -0.4 is 0 Å². The van der Waals surface area contributed by atoms with Crippen LogP contribution in [-0.2, 0) is 4.74 Å². The summed E-state index contributed by atoms with van der Waals surface area (Å²) in [5.41, 5.74) is 0. The second kappa shape index (κ2) is 2.90. The first-order valence-electron chi connectivity index (χ1n) is 3.54. The van der Waals surface area contributed by atoms with Gasteiger partial charge in [-0.25, -0.2) is 4.79 Å². The third-order valence-corrected chi connectivity index (χ3v) is 1.50. The van der Waals surface area contributed by atoms with Crippen LogP contribution in [0.1, 0.15) is 12.8 Å². The Morgan fingerprint density at radius 1 is 1.60 bits per heavy atom. The van der Waals surface area contributed by atoms with E-state index in [-0.39, 0.29) is 6.09 Å². The molecule has 0 aromatic carbocycles. The molecule has 0 spiro atoms. The minimum absolute atomic E-state index is 0.230. The predicted octanol–water partition coefficient (Wildman–Crippen LogP) is 1.09. The van der Waals surface area contributed by atoms with Crippen molar-refractivity contribution < 1.29 is 9.53 Å². The zero-order valence-electron chi connectivity index (χ0n) is 6.46. The number of amides is 1. The summed E-state index contributed by atoms with van der Waals surface area (Å²) < 4.78 is 4.91. The van der Waals surface area contributed by atoms with Crippen molar-refractivity contribution >= 4 is 6.09 Å². The summed E-state index contributed by atoms with van der Waals surface area (Å²) in [6.45, 7) is 0.608. The van der Waals surface area contributed by atoms with Crippen LogP contribution in [0, 0.1) is 5.92 Å². The van der Waals surface area contributed by atoms with Gasteiger partial charge in [0.05, 0.1) is 6.61 Å². The molecule has 0 saturated heterocycles. The number of hydrogen-bond acceptors (Lipinski definition) is 2. The molecule has 10 heavy (non-hydrogen) atoms. The van der Waals surface area contributed by atoms with E-state index in [1.165, 1.54) is 17.7 Å². The average molecular weight is 143 g/mol. The molecule has 1 saturated carbocycles. The molecule has 0 aromatic heterocycles. The number of carbonyl (C=O) groups is 1. The van der Waals surface area contributed by atoms with E-state index in [4.69, 9.17) is 4.74 Å². The maximum Gasteiger partial charge on any atom is 0.409 e. The molecule has 0 heterocycles. The highest BCUT2D eigenvalue weighted by Crippen LogP contribution is 2.28. The van der Waals surface area contributed by atoms with Gasteiger partial charge in [0.15, 0.2) is 0 Å². The van der Waals surface area contributed by atoms with Crippen molar-refractivity contribution in [2.24, 2.45) is 5.92 Å². The summed E-state index contributed by atoms with van der Waals surface area (Å²) in [7, 11) is 3.38. The van der Waals surface area contributed by atoms with Crippen molar-refractivity contribution in [1.82, 2.24) is 4.90 Å². The largest absolute Gasteiger partial charge is 0.449 e. The van der Waals surface area contributed by atoms with E-state index < -0.39 is 0 Å². The van der Waals surface area contributed by atoms with E-state index in [2.05, 4.69) is 0 Å². The second-order valence-corrected chi connectivity index (χ2v) is 2.91. The van der Waals surface area contributed by atoms with Gasteiger partial charge in [-0.05, 0) is 18.8 Å². The molecule has 0 radical (unpaired) electrons. The summed E-state index contributed by atoms with van der Waals surface area (Å²) in [6, 6.07) is 0. The van der Waals surface area contributed by atoms with Crippen LogP contribution in [0.5, 0.6) is 0 Å². The fraction of sp³-hybridized carbons (Fsp3) is 0.857. The van der Waals surface area contributed by atoms with Crippen LogP contribution in [-0.4, -0.2) is 31.7 Å². The summed E-state index contributed by atoms with van der Waals surface area (Å²) in [5, 5.41) is 0. The summed E-state index contributed by atoms with van der Waals surface area (Å²) in [5.74, 6) is 0.656. The molecule has 0 aromatic rings. The normalized spacial score (nSPS) is 16.6. The third-order valence-electron chi connectivity index (χ3n) is 1.50. The summed E-state index contributed by atoms with van der Waals surface area (Å²) >= 11 is 0. The van der Waals surface area contributed by atoms with Gasteiger partial charge in [0.2, 0.25) is 0 Å². The molecule has 0 aliphatic heterocycles.